The summed E-state index contributed by atoms with van der Waals surface area (Å²) in [6.45, 7) is 1.88. The molecule has 3 rings (SSSR count). The Balaban J connectivity index is 2.00. The fourth-order valence-corrected chi connectivity index (χ4v) is 2.50. The molecule has 0 unspecified atom stereocenters. The second kappa shape index (κ2) is 4.89. The number of carboxylic acid groups (broad SMARTS) is 1. The van der Waals surface area contributed by atoms with Crippen LogP contribution in [0.3, 0.4) is 0 Å². The molecule has 1 atom stereocenters. The van der Waals surface area contributed by atoms with E-state index in [2.05, 4.69) is 20.6 Å². The number of carboxylic acids is 1. The maximum Gasteiger partial charge on any atom is 0.339 e. The quantitative estimate of drug-likeness (QED) is 0.670. The molecule has 1 fully saturated rings. The zero-order chi connectivity index (χ0) is 13.2. The molecule has 4 N–H and O–H groups in total. The topological polar surface area (TPSA) is 90.0 Å². The van der Waals surface area contributed by atoms with Gasteiger partial charge >= 0.3 is 5.97 Å². The van der Waals surface area contributed by atoms with Gasteiger partial charge in [-0.1, -0.05) is 0 Å². The van der Waals surface area contributed by atoms with Crippen LogP contribution in [-0.4, -0.2) is 40.2 Å². The molecule has 100 valence electrons. The predicted molar refractivity (Wildman–Crippen MR) is 72.6 cm³/mol. The smallest absolute Gasteiger partial charge is 0.339 e. The number of pyridine rings is 1. The van der Waals surface area contributed by atoms with Gasteiger partial charge in [-0.2, -0.15) is 0 Å². The molecule has 2 aromatic rings. The number of nitrogens with one attached hydrogen (secondary N) is 3. The Hall–Kier alpha value is -2.08. The number of piperidine rings is 1. The van der Waals surface area contributed by atoms with Gasteiger partial charge in [-0.3, -0.25) is 0 Å². The Bertz CT molecular complexity index is 602. The van der Waals surface area contributed by atoms with E-state index in [4.69, 9.17) is 0 Å². The molecular formula is C13H16N4O2. The number of nitrogens with zero attached hydrogens (tertiary/aromatic N) is 1. The monoisotopic (exact) mass is 260 g/mol. The maximum atomic E-state index is 11.3. The minimum absolute atomic E-state index is 0.220. The van der Waals surface area contributed by atoms with Gasteiger partial charge in [0.25, 0.3) is 0 Å². The maximum absolute atomic E-state index is 11.3. The fraction of sp³-hybridized carbons (Fsp3) is 0.385. The van der Waals surface area contributed by atoms with Gasteiger partial charge in [0.05, 0.1) is 5.69 Å². The summed E-state index contributed by atoms with van der Waals surface area (Å²) < 4.78 is 0. The standard InChI is InChI=1S/C13H16N4O2/c18-13(19)10-7-16-12-9(3-5-15-12)11(10)17-8-2-1-4-14-6-8/h3,5,7-8,14H,1-2,4,6H2,(H,18,19)(H2,15,16,17)/t8-/m1/s1. The summed E-state index contributed by atoms with van der Waals surface area (Å²) in [7, 11) is 0. The number of hydrogen-bond acceptors (Lipinski definition) is 4. The largest absolute Gasteiger partial charge is 0.478 e. The fourth-order valence-electron chi connectivity index (χ4n) is 2.50. The lowest BCUT2D eigenvalue weighted by Gasteiger charge is -2.25. The molecule has 6 heteroatoms. The summed E-state index contributed by atoms with van der Waals surface area (Å²) in [6, 6.07) is 2.11. The molecule has 2 aromatic heterocycles. The van der Waals surface area contributed by atoms with Crippen LogP contribution in [0.5, 0.6) is 0 Å². The molecule has 0 bridgehead atoms. The third-order valence-electron chi connectivity index (χ3n) is 3.46. The minimum atomic E-state index is -0.957. The molecule has 0 aromatic carbocycles. The van der Waals surface area contributed by atoms with Crippen molar-refractivity contribution < 1.29 is 9.90 Å². The molecule has 1 aliphatic rings. The average molecular weight is 260 g/mol. The molecule has 0 aliphatic carbocycles. The van der Waals surface area contributed by atoms with Gasteiger partial charge in [-0.25, -0.2) is 9.78 Å². The number of anilines is 1. The highest BCUT2D eigenvalue weighted by Gasteiger charge is 2.19. The van der Waals surface area contributed by atoms with E-state index in [1.165, 1.54) is 6.20 Å². The van der Waals surface area contributed by atoms with E-state index in [9.17, 15) is 9.90 Å². The molecule has 0 amide bonds. The summed E-state index contributed by atoms with van der Waals surface area (Å²) in [6.07, 6.45) is 5.31. The number of aromatic nitrogens is 2. The second-order valence-corrected chi connectivity index (χ2v) is 4.78. The van der Waals surface area contributed by atoms with E-state index in [0.29, 0.717) is 11.3 Å². The van der Waals surface area contributed by atoms with Crippen molar-refractivity contribution in [3.05, 3.63) is 24.0 Å². The lowest BCUT2D eigenvalue weighted by Crippen LogP contribution is -2.38. The van der Waals surface area contributed by atoms with Gasteiger partial charge < -0.3 is 20.7 Å². The van der Waals surface area contributed by atoms with Crippen molar-refractivity contribution in [2.45, 2.75) is 18.9 Å². The number of hydrogen-bond donors (Lipinski definition) is 4. The summed E-state index contributed by atoms with van der Waals surface area (Å²) >= 11 is 0. The average Bonchev–Trinajstić information content (AvgIpc) is 2.88. The number of H-pyrrole nitrogens is 1. The van der Waals surface area contributed by atoms with Crippen molar-refractivity contribution in [2.24, 2.45) is 0 Å². The van der Waals surface area contributed by atoms with Crippen LogP contribution >= 0.6 is 0 Å². The Morgan fingerprint density at radius 3 is 3.16 bits per heavy atom. The van der Waals surface area contributed by atoms with Crippen LogP contribution < -0.4 is 10.6 Å². The molecular weight excluding hydrogens is 244 g/mol. The van der Waals surface area contributed by atoms with Gasteiger partial charge in [-0.05, 0) is 25.5 Å². The van der Waals surface area contributed by atoms with Crippen LogP contribution in [-0.2, 0) is 0 Å². The SMILES string of the molecule is O=C(O)c1cnc2[nH]ccc2c1N[C@@H]1CCCNC1. The van der Waals surface area contributed by atoms with Crippen LogP contribution in [0.25, 0.3) is 11.0 Å². The molecule has 19 heavy (non-hydrogen) atoms. The third-order valence-corrected chi connectivity index (χ3v) is 3.46. The lowest BCUT2D eigenvalue weighted by molar-refractivity contribution is 0.0697. The van der Waals surface area contributed by atoms with E-state index in [1.807, 2.05) is 6.07 Å². The highest BCUT2D eigenvalue weighted by molar-refractivity contribution is 6.03. The number of carbonyl (C=O) groups is 1. The van der Waals surface area contributed by atoms with Crippen LogP contribution in [0, 0.1) is 0 Å². The Kier molecular flexibility index (Phi) is 3.08. The van der Waals surface area contributed by atoms with Crippen molar-refractivity contribution >= 4 is 22.7 Å². The third kappa shape index (κ3) is 2.26. The van der Waals surface area contributed by atoms with Crippen molar-refractivity contribution in [1.82, 2.24) is 15.3 Å². The van der Waals surface area contributed by atoms with E-state index in [0.717, 1.165) is 31.3 Å². The Labute approximate surface area is 110 Å². The predicted octanol–water partition coefficient (Wildman–Crippen LogP) is 1.42. The van der Waals surface area contributed by atoms with Crippen molar-refractivity contribution in [2.75, 3.05) is 18.4 Å². The Morgan fingerprint density at radius 1 is 1.53 bits per heavy atom. The molecule has 0 saturated carbocycles. The van der Waals surface area contributed by atoms with E-state index >= 15 is 0 Å². The highest BCUT2D eigenvalue weighted by atomic mass is 16.4. The summed E-state index contributed by atoms with van der Waals surface area (Å²) in [5.74, 6) is -0.957. The van der Waals surface area contributed by atoms with Crippen molar-refractivity contribution in [3.63, 3.8) is 0 Å². The van der Waals surface area contributed by atoms with Crippen LogP contribution in [0.15, 0.2) is 18.5 Å². The molecule has 0 spiro atoms. The number of fused-ring (bicyclic) bond motifs is 1. The second-order valence-electron chi connectivity index (χ2n) is 4.78. The first-order chi connectivity index (χ1) is 9.25. The Morgan fingerprint density at radius 2 is 2.42 bits per heavy atom. The molecule has 1 aliphatic heterocycles. The highest BCUT2D eigenvalue weighted by Crippen LogP contribution is 2.27. The van der Waals surface area contributed by atoms with Gasteiger partial charge in [0.1, 0.15) is 11.2 Å². The zero-order valence-electron chi connectivity index (χ0n) is 10.4. The van der Waals surface area contributed by atoms with E-state index in [-0.39, 0.29) is 11.6 Å². The summed E-state index contributed by atoms with van der Waals surface area (Å²) in [5.41, 5.74) is 1.58. The molecule has 0 radical (unpaired) electrons. The van der Waals surface area contributed by atoms with Crippen LogP contribution in [0.1, 0.15) is 23.2 Å². The van der Waals surface area contributed by atoms with E-state index < -0.39 is 5.97 Å². The first-order valence-corrected chi connectivity index (χ1v) is 6.42. The first kappa shape index (κ1) is 12.0. The normalized spacial score (nSPS) is 19.5. The van der Waals surface area contributed by atoms with Crippen molar-refractivity contribution in [3.8, 4) is 0 Å². The van der Waals surface area contributed by atoms with E-state index in [1.54, 1.807) is 6.20 Å². The molecule has 6 nitrogen and oxygen atoms in total. The molecule has 1 saturated heterocycles. The van der Waals surface area contributed by atoms with Gasteiger partial charge in [0, 0.05) is 30.4 Å². The number of aromatic carboxylic acids is 1. The number of aromatic amines is 1. The van der Waals surface area contributed by atoms with Gasteiger partial charge in [0.15, 0.2) is 0 Å². The summed E-state index contributed by atoms with van der Waals surface area (Å²) in [4.78, 5) is 18.5. The first-order valence-electron chi connectivity index (χ1n) is 6.42. The van der Waals surface area contributed by atoms with Crippen LogP contribution in [0.2, 0.25) is 0 Å². The number of rotatable bonds is 3. The van der Waals surface area contributed by atoms with Crippen LogP contribution in [0.4, 0.5) is 5.69 Å². The lowest BCUT2D eigenvalue weighted by atomic mass is 10.1. The van der Waals surface area contributed by atoms with Gasteiger partial charge in [-0.15, -0.1) is 0 Å². The van der Waals surface area contributed by atoms with Gasteiger partial charge in [0.2, 0.25) is 0 Å². The minimum Gasteiger partial charge on any atom is -0.478 e. The zero-order valence-corrected chi connectivity index (χ0v) is 10.4. The molecule has 3 heterocycles. The van der Waals surface area contributed by atoms with Crippen molar-refractivity contribution in [1.29, 1.82) is 0 Å². The summed E-state index contributed by atoms with van der Waals surface area (Å²) in [5, 5.41) is 16.8.